The lowest BCUT2D eigenvalue weighted by Gasteiger charge is -2.13. The van der Waals surface area contributed by atoms with Crippen molar-refractivity contribution >= 4 is 22.5 Å². The second kappa shape index (κ2) is 5.88. The molecule has 0 atom stereocenters. The van der Waals surface area contributed by atoms with E-state index in [9.17, 15) is 4.79 Å². The fourth-order valence-electron chi connectivity index (χ4n) is 3.84. The lowest BCUT2D eigenvalue weighted by atomic mass is 9.93. The summed E-state index contributed by atoms with van der Waals surface area (Å²) in [5.41, 5.74) is 7.54. The van der Waals surface area contributed by atoms with Crippen molar-refractivity contribution in [3.05, 3.63) is 71.4 Å². The first-order valence-electron chi connectivity index (χ1n) is 8.79. The fraction of sp³-hybridized carbons (Fsp3) is 0.143. The number of aryl methyl sites for hydroxylation is 2. The van der Waals surface area contributed by atoms with E-state index in [0.29, 0.717) is 6.42 Å². The van der Waals surface area contributed by atoms with Gasteiger partial charge < -0.3 is 10.3 Å². The average molecular weight is 342 g/mol. The van der Waals surface area contributed by atoms with Crippen molar-refractivity contribution < 1.29 is 4.79 Å². The van der Waals surface area contributed by atoms with E-state index in [4.69, 9.17) is 0 Å². The van der Waals surface area contributed by atoms with Gasteiger partial charge in [0, 0.05) is 10.9 Å². The molecule has 0 fully saturated rings. The van der Waals surface area contributed by atoms with Crippen LogP contribution in [-0.4, -0.2) is 21.1 Å². The highest BCUT2D eigenvalue weighted by Gasteiger charge is 2.23. The van der Waals surface area contributed by atoms with Gasteiger partial charge in [0.05, 0.1) is 29.7 Å². The Hall–Kier alpha value is -3.34. The third kappa shape index (κ3) is 2.40. The minimum atomic E-state index is -0.00307. The molecule has 5 heteroatoms. The number of aromatic amines is 2. The smallest absolute Gasteiger partial charge is 0.228 e. The van der Waals surface area contributed by atoms with Gasteiger partial charge in [0.25, 0.3) is 0 Å². The van der Waals surface area contributed by atoms with Gasteiger partial charge in [0.1, 0.15) is 0 Å². The predicted octanol–water partition coefficient (Wildman–Crippen LogP) is 3.84. The Morgan fingerprint density at radius 2 is 1.92 bits per heavy atom. The van der Waals surface area contributed by atoms with Crippen molar-refractivity contribution in [2.24, 2.45) is 0 Å². The largest absolute Gasteiger partial charge is 0.353 e. The maximum absolute atomic E-state index is 12.5. The highest BCUT2D eigenvalue weighted by Crippen LogP contribution is 2.39. The van der Waals surface area contributed by atoms with Crippen molar-refractivity contribution in [3.63, 3.8) is 0 Å². The molecule has 128 valence electrons. The zero-order chi connectivity index (χ0) is 17.5. The third-order valence-electron chi connectivity index (χ3n) is 5.02. The van der Waals surface area contributed by atoms with Gasteiger partial charge in [-0.1, -0.05) is 36.4 Å². The Labute approximate surface area is 150 Å². The highest BCUT2D eigenvalue weighted by atomic mass is 16.1. The van der Waals surface area contributed by atoms with Gasteiger partial charge in [0.2, 0.25) is 5.91 Å². The number of anilines is 1. The van der Waals surface area contributed by atoms with Crippen molar-refractivity contribution in [1.29, 1.82) is 0 Å². The molecule has 1 aliphatic rings. The van der Waals surface area contributed by atoms with Gasteiger partial charge >= 0.3 is 0 Å². The lowest BCUT2D eigenvalue weighted by Crippen LogP contribution is -2.14. The lowest BCUT2D eigenvalue weighted by molar-refractivity contribution is -0.115. The topological polar surface area (TPSA) is 73.6 Å². The molecule has 0 bridgehead atoms. The van der Waals surface area contributed by atoms with Crippen LogP contribution >= 0.6 is 0 Å². The molecular formula is C21H18N4O. The Kier molecular flexibility index (Phi) is 3.38. The normalized spacial score (nSPS) is 12.6. The molecule has 0 unspecified atom stereocenters. The molecule has 0 saturated carbocycles. The summed E-state index contributed by atoms with van der Waals surface area (Å²) in [4.78, 5) is 16.0. The van der Waals surface area contributed by atoms with Gasteiger partial charge in [-0.2, -0.15) is 5.10 Å². The SMILES string of the molecule is O=C(Cc1ccccc1)Nc1cccc2[nH]c3c(c12)CCc1cn[nH]c1-3. The number of hydrogen-bond donors (Lipinski definition) is 3. The first-order chi connectivity index (χ1) is 12.8. The molecule has 0 aliphatic heterocycles. The van der Waals surface area contributed by atoms with Crippen LogP contribution in [0.5, 0.6) is 0 Å². The summed E-state index contributed by atoms with van der Waals surface area (Å²) >= 11 is 0. The summed E-state index contributed by atoms with van der Waals surface area (Å²) in [6.07, 6.45) is 4.16. The Morgan fingerprint density at radius 3 is 2.81 bits per heavy atom. The van der Waals surface area contributed by atoms with Crippen molar-refractivity contribution in [2.45, 2.75) is 19.3 Å². The van der Waals surface area contributed by atoms with Crippen molar-refractivity contribution in [3.8, 4) is 11.4 Å². The van der Waals surface area contributed by atoms with Crippen molar-refractivity contribution in [1.82, 2.24) is 15.2 Å². The zero-order valence-corrected chi connectivity index (χ0v) is 14.2. The van der Waals surface area contributed by atoms with E-state index in [1.54, 1.807) is 0 Å². The molecule has 2 heterocycles. The molecule has 4 aromatic rings. The molecule has 0 radical (unpaired) electrons. The van der Waals surface area contributed by atoms with Gasteiger partial charge in [-0.25, -0.2) is 0 Å². The van der Waals surface area contributed by atoms with Crippen LogP contribution in [0.2, 0.25) is 0 Å². The van der Waals surface area contributed by atoms with E-state index < -0.39 is 0 Å². The van der Waals surface area contributed by atoms with Gasteiger partial charge in [0.15, 0.2) is 0 Å². The zero-order valence-electron chi connectivity index (χ0n) is 14.2. The maximum atomic E-state index is 12.5. The molecule has 3 N–H and O–H groups in total. The number of nitrogens with zero attached hydrogens (tertiary/aromatic N) is 1. The molecular weight excluding hydrogens is 324 g/mol. The van der Waals surface area contributed by atoms with Crippen LogP contribution in [-0.2, 0) is 24.1 Å². The Morgan fingerprint density at radius 1 is 1.04 bits per heavy atom. The summed E-state index contributed by atoms with van der Waals surface area (Å²) < 4.78 is 0. The van der Waals surface area contributed by atoms with E-state index >= 15 is 0 Å². The van der Waals surface area contributed by atoms with E-state index in [1.165, 1.54) is 11.1 Å². The molecule has 2 aromatic heterocycles. The fourth-order valence-corrected chi connectivity index (χ4v) is 3.84. The number of nitrogens with one attached hydrogen (secondary N) is 3. The molecule has 1 amide bonds. The predicted molar refractivity (Wildman–Crippen MR) is 102 cm³/mol. The summed E-state index contributed by atoms with van der Waals surface area (Å²) in [6, 6.07) is 15.8. The van der Waals surface area contributed by atoms with E-state index in [0.717, 1.165) is 46.4 Å². The maximum Gasteiger partial charge on any atom is 0.228 e. The van der Waals surface area contributed by atoms with Gasteiger partial charge in [-0.05, 0) is 41.7 Å². The summed E-state index contributed by atoms with van der Waals surface area (Å²) in [5, 5.41) is 11.5. The highest BCUT2D eigenvalue weighted by molar-refractivity contribution is 6.05. The van der Waals surface area contributed by atoms with E-state index in [-0.39, 0.29) is 5.91 Å². The number of hydrogen-bond acceptors (Lipinski definition) is 2. The number of amides is 1. The number of rotatable bonds is 3. The Bertz CT molecular complexity index is 1110. The van der Waals surface area contributed by atoms with Crippen LogP contribution in [0.25, 0.3) is 22.3 Å². The molecule has 0 saturated heterocycles. The van der Waals surface area contributed by atoms with Gasteiger partial charge in [-0.3, -0.25) is 9.89 Å². The van der Waals surface area contributed by atoms with Crippen LogP contribution in [0, 0.1) is 0 Å². The number of benzene rings is 2. The molecule has 0 spiro atoms. The number of aromatic nitrogens is 3. The molecule has 1 aliphatic carbocycles. The average Bonchev–Trinajstić information content (AvgIpc) is 3.26. The quantitative estimate of drug-likeness (QED) is 0.529. The third-order valence-corrected chi connectivity index (χ3v) is 5.02. The number of carbonyl (C=O) groups is 1. The second-order valence-electron chi connectivity index (χ2n) is 6.69. The van der Waals surface area contributed by atoms with Crippen LogP contribution in [0.15, 0.2) is 54.7 Å². The van der Waals surface area contributed by atoms with E-state index in [2.05, 4.69) is 26.6 Å². The molecule has 26 heavy (non-hydrogen) atoms. The van der Waals surface area contributed by atoms with Crippen LogP contribution in [0.1, 0.15) is 16.7 Å². The van der Waals surface area contributed by atoms with E-state index in [1.807, 2.05) is 48.7 Å². The molecule has 2 aromatic carbocycles. The van der Waals surface area contributed by atoms with Crippen LogP contribution in [0.3, 0.4) is 0 Å². The summed E-state index contributed by atoms with van der Waals surface area (Å²) in [6.45, 7) is 0. The number of H-pyrrole nitrogens is 2. The minimum absolute atomic E-state index is 0.00307. The standard InChI is InChI=1S/C21H18N4O/c26-18(11-13-5-2-1-3-6-13)23-16-7-4-8-17-19(16)15-10-9-14-12-22-25-20(14)21(15)24-17/h1-8,12,24H,9-11H2,(H,22,25)(H,23,26). The molecule has 5 rings (SSSR count). The van der Waals surface area contributed by atoms with Crippen LogP contribution in [0.4, 0.5) is 5.69 Å². The second-order valence-corrected chi connectivity index (χ2v) is 6.69. The Balaban J connectivity index is 1.52. The minimum Gasteiger partial charge on any atom is -0.353 e. The van der Waals surface area contributed by atoms with Crippen LogP contribution < -0.4 is 5.32 Å². The summed E-state index contributed by atoms with van der Waals surface area (Å²) in [5.74, 6) is -0.00307. The van der Waals surface area contributed by atoms with Gasteiger partial charge in [-0.15, -0.1) is 0 Å². The summed E-state index contributed by atoms with van der Waals surface area (Å²) in [7, 11) is 0. The van der Waals surface area contributed by atoms with Crippen molar-refractivity contribution in [2.75, 3.05) is 5.32 Å². The number of carbonyl (C=O) groups excluding carboxylic acids is 1. The first kappa shape index (κ1) is 15.0. The molecule has 5 nitrogen and oxygen atoms in total. The monoisotopic (exact) mass is 342 g/mol. The first-order valence-corrected chi connectivity index (χ1v) is 8.79. The number of fused-ring (bicyclic) bond motifs is 5.